The zero-order chi connectivity index (χ0) is 11.0. The second kappa shape index (κ2) is 6.95. The zero-order valence-corrected chi connectivity index (χ0v) is 8.96. The Kier molecular flexibility index (Phi) is 6.20. The van der Waals surface area contributed by atoms with Crippen molar-refractivity contribution in [2.45, 2.75) is 20.8 Å². The Bertz CT molecular complexity index is 264. The maximum atomic E-state index is 10.9. The number of hydrogen-bond acceptors (Lipinski definition) is 2. The quantitative estimate of drug-likeness (QED) is 0.733. The fourth-order valence-electron chi connectivity index (χ4n) is 0.928. The van der Waals surface area contributed by atoms with E-state index in [1.807, 2.05) is 26.8 Å². The van der Waals surface area contributed by atoms with Crippen LogP contribution in [0.25, 0.3) is 0 Å². The monoisotopic (exact) mass is 195 g/mol. The van der Waals surface area contributed by atoms with E-state index in [4.69, 9.17) is 4.74 Å². The molecule has 0 atom stereocenters. The minimum atomic E-state index is -0.131. The highest BCUT2D eigenvalue weighted by molar-refractivity contribution is 5.81. The Morgan fingerprint density at radius 3 is 2.64 bits per heavy atom. The summed E-state index contributed by atoms with van der Waals surface area (Å²) in [5, 5.41) is 2.68. The summed E-state index contributed by atoms with van der Waals surface area (Å²) in [5.74, 6) is 0.487. The van der Waals surface area contributed by atoms with E-state index in [2.05, 4.69) is 11.9 Å². The minimum absolute atomic E-state index is 0.0718. The third-order valence-electron chi connectivity index (χ3n) is 1.42. The van der Waals surface area contributed by atoms with E-state index in [-0.39, 0.29) is 12.5 Å². The van der Waals surface area contributed by atoms with Gasteiger partial charge in [0.2, 0.25) is 0 Å². The molecule has 1 heterocycles. The van der Waals surface area contributed by atoms with Crippen molar-refractivity contribution in [2.24, 2.45) is 0 Å². The van der Waals surface area contributed by atoms with Gasteiger partial charge < -0.3 is 10.1 Å². The first-order valence-electron chi connectivity index (χ1n) is 4.70. The van der Waals surface area contributed by atoms with Gasteiger partial charge in [-0.05, 0) is 19.1 Å². The lowest BCUT2D eigenvalue weighted by atomic mass is 10.3. The van der Waals surface area contributed by atoms with Crippen LogP contribution in [0.5, 0.6) is 0 Å². The van der Waals surface area contributed by atoms with Crippen LogP contribution in [0.3, 0.4) is 0 Å². The topological polar surface area (TPSA) is 38.3 Å². The molecule has 3 heteroatoms. The molecule has 1 rings (SSSR count). The lowest BCUT2D eigenvalue weighted by molar-refractivity contribution is -0.124. The highest BCUT2D eigenvalue weighted by Crippen LogP contribution is 2.10. The molecule has 1 aliphatic rings. The molecule has 0 saturated heterocycles. The highest BCUT2D eigenvalue weighted by atomic mass is 16.5. The van der Waals surface area contributed by atoms with Gasteiger partial charge in [-0.2, -0.15) is 0 Å². The van der Waals surface area contributed by atoms with Crippen LogP contribution in [-0.2, 0) is 9.53 Å². The predicted octanol–water partition coefficient (Wildman–Crippen LogP) is 2.13. The molecule has 0 aromatic rings. The number of hydrogen-bond donors (Lipinski definition) is 1. The molecule has 1 N–H and O–H groups in total. The van der Waals surface area contributed by atoms with Crippen molar-refractivity contribution in [2.75, 3.05) is 6.61 Å². The highest BCUT2D eigenvalue weighted by Gasteiger charge is 2.14. The van der Waals surface area contributed by atoms with E-state index in [0.29, 0.717) is 11.5 Å². The largest absolute Gasteiger partial charge is 0.482 e. The summed E-state index contributed by atoms with van der Waals surface area (Å²) in [7, 11) is 0. The fourth-order valence-corrected chi connectivity index (χ4v) is 0.928. The van der Waals surface area contributed by atoms with Crippen molar-refractivity contribution in [1.82, 2.24) is 5.32 Å². The fraction of sp³-hybridized carbons (Fsp3) is 0.364. The molecule has 0 spiro atoms. The van der Waals surface area contributed by atoms with Gasteiger partial charge in [-0.25, -0.2) is 0 Å². The lowest BCUT2D eigenvalue weighted by Crippen LogP contribution is -2.31. The summed E-state index contributed by atoms with van der Waals surface area (Å²) in [5.41, 5.74) is 0.670. The first kappa shape index (κ1) is 12.5. The van der Waals surface area contributed by atoms with Crippen LogP contribution in [0.2, 0.25) is 0 Å². The van der Waals surface area contributed by atoms with Crippen molar-refractivity contribution in [3.8, 4) is 0 Å². The molecule has 1 amide bonds. The van der Waals surface area contributed by atoms with Crippen LogP contribution in [-0.4, -0.2) is 12.5 Å². The van der Waals surface area contributed by atoms with Crippen LogP contribution in [0, 0.1) is 0 Å². The maximum absolute atomic E-state index is 10.9. The first-order valence-corrected chi connectivity index (χ1v) is 4.70. The third-order valence-corrected chi connectivity index (χ3v) is 1.42. The van der Waals surface area contributed by atoms with Crippen LogP contribution >= 0.6 is 0 Å². The van der Waals surface area contributed by atoms with Crippen molar-refractivity contribution < 1.29 is 9.53 Å². The number of amides is 1. The smallest absolute Gasteiger partial charge is 0.262 e. The average Bonchev–Trinajstić information content (AvgIpc) is 2.22. The Labute approximate surface area is 85.1 Å². The standard InChI is InChI=1S/C9H11NO2.C2H6/c1-3-5-7-8(4-2)12-6-9(11)10-7;1-2/h3-5H,2,6H2,1H3,(H,10,11);1-2H3/b5-3-;. The Balaban J connectivity index is 0.000000791. The van der Waals surface area contributed by atoms with Crippen LogP contribution in [0.1, 0.15) is 20.8 Å². The molecule has 0 aromatic heterocycles. The number of ether oxygens (including phenoxy) is 1. The summed E-state index contributed by atoms with van der Waals surface area (Å²) in [6, 6.07) is 0. The predicted molar refractivity (Wildman–Crippen MR) is 57.5 cm³/mol. The van der Waals surface area contributed by atoms with Gasteiger partial charge in [0.1, 0.15) is 5.76 Å². The molecule has 1 aliphatic heterocycles. The van der Waals surface area contributed by atoms with Crippen LogP contribution in [0.4, 0.5) is 0 Å². The second-order valence-electron chi connectivity index (χ2n) is 2.32. The van der Waals surface area contributed by atoms with Gasteiger partial charge in [0.05, 0.1) is 5.70 Å². The molecule has 3 nitrogen and oxygen atoms in total. The maximum Gasteiger partial charge on any atom is 0.262 e. The molecule has 0 aliphatic carbocycles. The molecular formula is C11H17NO2. The van der Waals surface area contributed by atoms with Crippen molar-refractivity contribution >= 4 is 5.91 Å². The van der Waals surface area contributed by atoms with Gasteiger partial charge in [0, 0.05) is 0 Å². The molecule has 0 fully saturated rings. The zero-order valence-electron chi connectivity index (χ0n) is 8.96. The number of nitrogens with one attached hydrogen (secondary N) is 1. The molecular weight excluding hydrogens is 178 g/mol. The van der Waals surface area contributed by atoms with E-state index in [1.165, 1.54) is 0 Å². The molecule has 14 heavy (non-hydrogen) atoms. The summed E-state index contributed by atoms with van der Waals surface area (Å²) in [6.45, 7) is 9.52. The van der Waals surface area contributed by atoms with Crippen LogP contribution < -0.4 is 5.32 Å². The van der Waals surface area contributed by atoms with E-state index in [0.717, 1.165) is 0 Å². The minimum Gasteiger partial charge on any atom is -0.482 e. The number of allylic oxidation sites excluding steroid dienone is 3. The van der Waals surface area contributed by atoms with Crippen LogP contribution in [0.15, 0.2) is 36.3 Å². The normalized spacial score (nSPS) is 15.5. The Hall–Kier alpha value is -1.51. The van der Waals surface area contributed by atoms with Crippen molar-refractivity contribution in [1.29, 1.82) is 0 Å². The van der Waals surface area contributed by atoms with Crippen molar-refractivity contribution in [3.63, 3.8) is 0 Å². The van der Waals surface area contributed by atoms with Gasteiger partial charge in [-0.15, -0.1) is 0 Å². The van der Waals surface area contributed by atoms with E-state index >= 15 is 0 Å². The first-order chi connectivity index (χ1) is 6.77. The van der Waals surface area contributed by atoms with E-state index < -0.39 is 0 Å². The summed E-state index contributed by atoms with van der Waals surface area (Å²) in [6.07, 6.45) is 5.18. The Morgan fingerprint density at radius 1 is 1.50 bits per heavy atom. The second-order valence-corrected chi connectivity index (χ2v) is 2.32. The number of carbonyl (C=O) groups is 1. The molecule has 0 bridgehead atoms. The van der Waals surface area contributed by atoms with Gasteiger partial charge >= 0.3 is 0 Å². The molecule has 0 radical (unpaired) electrons. The number of carbonyl (C=O) groups excluding carboxylic acids is 1. The molecule has 0 saturated carbocycles. The van der Waals surface area contributed by atoms with Gasteiger partial charge in [-0.1, -0.05) is 26.5 Å². The van der Waals surface area contributed by atoms with Crippen molar-refractivity contribution in [3.05, 3.63) is 36.3 Å². The molecule has 0 unspecified atom stereocenters. The average molecular weight is 195 g/mol. The van der Waals surface area contributed by atoms with Gasteiger partial charge in [0.15, 0.2) is 6.61 Å². The SMILES string of the molecule is C=CC1=C(/C=C\C)NC(=O)CO1.CC. The Morgan fingerprint density at radius 2 is 2.14 bits per heavy atom. The van der Waals surface area contributed by atoms with Gasteiger partial charge in [0.25, 0.3) is 5.91 Å². The molecule has 0 aromatic carbocycles. The third kappa shape index (κ3) is 3.47. The lowest BCUT2D eigenvalue weighted by Gasteiger charge is -2.17. The molecule has 78 valence electrons. The number of rotatable bonds is 2. The van der Waals surface area contributed by atoms with Gasteiger partial charge in [-0.3, -0.25) is 4.79 Å². The van der Waals surface area contributed by atoms with E-state index in [9.17, 15) is 4.79 Å². The summed E-state index contributed by atoms with van der Waals surface area (Å²) in [4.78, 5) is 10.9. The summed E-state index contributed by atoms with van der Waals surface area (Å²) < 4.78 is 5.10. The summed E-state index contributed by atoms with van der Waals surface area (Å²) >= 11 is 0. The van der Waals surface area contributed by atoms with E-state index in [1.54, 1.807) is 12.2 Å².